The van der Waals surface area contributed by atoms with Gasteiger partial charge in [0.05, 0.1) is 15.4 Å². The first-order chi connectivity index (χ1) is 7.68. The molecule has 0 bridgehead atoms. The van der Waals surface area contributed by atoms with Crippen LogP contribution in [0.5, 0.6) is 0 Å². The smallest absolute Gasteiger partial charge is 0.0835 e. The number of alkyl halides is 1. The summed E-state index contributed by atoms with van der Waals surface area (Å²) in [6.07, 6.45) is 0. The minimum absolute atomic E-state index is 0.198. The molecule has 0 N–H and O–H groups in total. The first-order valence-corrected chi connectivity index (χ1v) is 6.01. The second-order valence-corrected chi connectivity index (χ2v) is 4.70. The van der Waals surface area contributed by atoms with Crippen molar-refractivity contribution in [1.82, 2.24) is 0 Å². The molecule has 2 aromatic rings. The maximum Gasteiger partial charge on any atom is 0.0835 e. The summed E-state index contributed by atoms with van der Waals surface area (Å²) in [4.78, 5) is 0. The first-order valence-electron chi connectivity index (χ1n) is 4.82. The van der Waals surface area contributed by atoms with Crippen molar-refractivity contribution in [2.45, 2.75) is 5.38 Å². The van der Waals surface area contributed by atoms with Crippen molar-refractivity contribution in [2.24, 2.45) is 0 Å². The predicted molar refractivity (Wildman–Crippen MR) is 70.6 cm³/mol. The molecule has 0 aromatic heterocycles. The van der Waals surface area contributed by atoms with Crippen molar-refractivity contribution in [3.63, 3.8) is 0 Å². The maximum atomic E-state index is 6.35. The van der Waals surface area contributed by atoms with Crippen LogP contribution in [0.25, 0.3) is 0 Å². The van der Waals surface area contributed by atoms with Crippen molar-refractivity contribution in [3.05, 3.63) is 69.7 Å². The summed E-state index contributed by atoms with van der Waals surface area (Å²) in [6, 6.07) is 15.3. The third-order valence-electron chi connectivity index (χ3n) is 2.33. The summed E-state index contributed by atoms with van der Waals surface area (Å²) in [5.41, 5.74) is 1.99. The SMILES string of the molecule is Clc1ccc([C@H](Cl)c2ccccc2)cc1Cl. The molecule has 2 aromatic carbocycles. The molecule has 16 heavy (non-hydrogen) atoms. The van der Waals surface area contributed by atoms with Crippen LogP contribution in [-0.4, -0.2) is 0 Å². The number of halogens is 3. The molecule has 0 amide bonds. The standard InChI is InChI=1S/C13H9Cl3/c14-11-7-6-10(8-12(11)15)13(16)9-4-2-1-3-5-9/h1-8,13H/t13-/m1/s1. The van der Waals surface area contributed by atoms with E-state index in [9.17, 15) is 0 Å². The molecule has 0 saturated heterocycles. The van der Waals surface area contributed by atoms with Crippen molar-refractivity contribution in [1.29, 1.82) is 0 Å². The largest absolute Gasteiger partial charge is 0.113 e. The van der Waals surface area contributed by atoms with Gasteiger partial charge in [-0.2, -0.15) is 0 Å². The third kappa shape index (κ3) is 2.52. The minimum Gasteiger partial charge on any atom is -0.113 e. The van der Waals surface area contributed by atoms with Crippen LogP contribution in [0.1, 0.15) is 16.5 Å². The van der Waals surface area contributed by atoms with Crippen molar-refractivity contribution < 1.29 is 0 Å². The lowest BCUT2D eigenvalue weighted by atomic mass is 10.0. The molecular formula is C13H9Cl3. The Morgan fingerprint density at radius 3 is 2.06 bits per heavy atom. The van der Waals surface area contributed by atoms with Crippen LogP contribution in [0.15, 0.2) is 48.5 Å². The molecule has 0 unspecified atom stereocenters. The van der Waals surface area contributed by atoms with Crippen LogP contribution >= 0.6 is 34.8 Å². The fourth-order valence-electron chi connectivity index (χ4n) is 1.48. The van der Waals surface area contributed by atoms with Crippen LogP contribution in [0, 0.1) is 0 Å². The summed E-state index contributed by atoms with van der Waals surface area (Å²) in [5.74, 6) is 0. The average Bonchev–Trinajstić information content (AvgIpc) is 2.33. The normalized spacial score (nSPS) is 12.4. The van der Waals surface area contributed by atoms with Gasteiger partial charge in [0.15, 0.2) is 0 Å². The zero-order valence-electron chi connectivity index (χ0n) is 8.33. The van der Waals surface area contributed by atoms with E-state index < -0.39 is 0 Å². The zero-order valence-corrected chi connectivity index (χ0v) is 10.6. The lowest BCUT2D eigenvalue weighted by molar-refractivity contribution is 1.14. The fraction of sp³-hybridized carbons (Fsp3) is 0.0769. The number of benzene rings is 2. The first kappa shape index (κ1) is 11.8. The van der Waals surface area contributed by atoms with Crippen molar-refractivity contribution in [2.75, 3.05) is 0 Å². The predicted octanol–water partition coefficient (Wildman–Crippen LogP) is 5.32. The van der Waals surface area contributed by atoms with E-state index in [1.807, 2.05) is 36.4 Å². The number of hydrogen-bond acceptors (Lipinski definition) is 0. The highest BCUT2D eigenvalue weighted by atomic mass is 35.5. The molecular weight excluding hydrogens is 263 g/mol. The number of hydrogen-bond donors (Lipinski definition) is 0. The Morgan fingerprint density at radius 2 is 1.44 bits per heavy atom. The molecule has 0 aliphatic heterocycles. The van der Waals surface area contributed by atoms with E-state index >= 15 is 0 Å². The molecule has 0 saturated carbocycles. The van der Waals surface area contributed by atoms with Gasteiger partial charge in [-0.25, -0.2) is 0 Å². The highest BCUT2D eigenvalue weighted by Gasteiger charge is 2.11. The summed E-state index contributed by atoms with van der Waals surface area (Å²) in [6.45, 7) is 0. The van der Waals surface area contributed by atoms with Crippen LogP contribution < -0.4 is 0 Å². The zero-order chi connectivity index (χ0) is 11.5. The Kier molecular flexibility index (Phi) is 3.75. The van der Waals surface area contributed by atoms with Gasteiger partial charge in [-0.05, 0) is 23.3 Å². The molecule has 0 fully saturated rings. The van der Waals surface area contributed by atoms with Gasteiger partial charge in [-0.15, -0.1) is 11.6 Å². The van der Waals surface area contributed by atoms with Gasteiger partial charge >= 0.3 is 0 Å². The van der Waals surface area contributed by atoms with E-state index in [2.05, 4.69) is 0 Å². The summed E-state index contributed by atoms with van der Waals surface area (Å²) in [5, 5.41) is 0.874. The highest BCUT2D eigenvalue weighted by molar-refractivity contribution is 6.42. The average molecular weight is 272 g/mol. The van der Waals surface area contributed by atoms with E-state index in [0.717, 1.165) is 11.1 Å². The van der Waals surface area contributed by atoms with E-state index in [4.69, 9.17) is 34.8 Å². The lowest BCUT2D eigenvalue weighted by Gasteiger charge is -2.10. The molecule has 0 radical (unpaired) electrons. The van der Waals surface area contributed by atoms with Gasteiger partial charge in [0.2, 0.25) is 0 Å². The van der Waals surface area contributed by atoms with Gasteiger partial charge in [0, 0.05) is 0 Å². The molecule has 0 aliphatic rings. The highest BCUT2D eigenvalue weighted by Crippen LogP contribution is 2.32. The van der Waals surface area contributed by atoms with Crippen LogP contribution in [0.4, 0.5) is 0 Å². The summed E-state index contributed by atoms with van der Waals surface area (Å²) >= 11 is 18.2. The Balaban J connectivity index is 2.34. The van der Waals surface area contributed by atoms with E-state index in [0.29, 0.717) is 10.0 Å². The minimum atomic E-state index is -0.198. The molecule has 3 heteroatoms. The van der Waals surface area contributed by atoms with Gasteiger partial charge in [0.25, 0.3) is 0 Å². The van der Waals surface area contributed by atoms with Crippen molar-refractivity contribution >= 4 is 34.8 Å². The van der Waals surface area contributed by atoms with Gasteiger partial charge in [-0.3, -0.25) is 0 Å². The monoisotopic (exact) mass is 270 g/mol. The maximum absolute atomic E-state index is 6.35. The molecule has 82 valence electrons. The molecule has 1 atom stereocenters. The second kappa shape index (κ2) is 5.09. The van der Waals surface area contributed by atoms with Gasteiger partial charge in [-0.1, -0.05) is 59.6 Å². The van der Waals surface area contributed by atoms with E-state index in [1.165, 1.54) is 0 Å². The fourth-order valence-corrected chi connectivity index (χ4v) is 2.07. The third-order valence-corrected chi connectivity index (χ3v) is 3.57. The molecule has 0 spiro atoms. The van der Waals surface area contributed by atoms with E-state index in [-0.39, 0.29) is 5.38 Å². The summed E-state index contributed by atoms with van der Waals surface area (Å²) in [7, 11) is 0. The molecule has 0 aliphatic carbocycles. The van der Waals surface area contributed by atoms with Crippen LogP contribution in [0.3, 0.4) is 0 Å². The molecule has 0 nitrogen and oxygen atoms in total. The quantitative estimate of drug-likeness (QED) is 0.648. The van der Waals surface area contributed by atoms with Crippen molar-refractivity contribution in [3.8, 4) is 0 Å². The summed E-state index contributed by atoms with van der Waals surface area (Å²) < 4.78 is 0. The topological polar surface area (TPSA) is 0 Å². The van der Waals surface area contributed by atoms with Gasteiger partial charge < -0.3 is 0 Å². The lowest BCUT2D eigenvalue weighted by Crippen LogP contribution is -1.92. The Labute approximate surface area is 110 Å². The molecule has 0 heterocycles. The van der Waals surface area contributed by atoms with E-state index in [1.54, 1.807) is 12.1 Å². The second-order valence-electron chi connectivity index (χ2n) is 3.45. The number of rotatable bonds is 2. The van der Waals surface area contributed by atoms with Crippen LogP contribution in [0.2, 0.25) is 10.0 Å². The van der Waals surface area contributed by atoms with Crippen LogP contribution in [-0.2, 0) is 0 Å². The van der Waals surface area contributed by atoms with Gasteiger partial charge in [0.1, 0.15) is 0 Å². The Hall–Kier alpha value is -0.690. The Bertz CT molecular complexity index is 480. The Morgan fingerprint density at radius 1 is 0.750 bits per heavy atom. The molecule has 2 rings (SSSR count).